The number of anilines is 1. The molecule has 0 bridgehead atoms. The minimum atomic E-state index is -3.56. The van der Waals surface area contributed by atoms with Gasteiger partial charge in [-0.3, -0.25) is 4.68 Å². The maximum atomic E-state index is 12.3. The van der Waals surface area contributed by atoms with Crippen LogP contribution in [0, 0.1) is 0 Å². The highest BCUT2D eigenvalue weighted by molar-refractivity contribution is 7.98. The first-order valence-corrected chi connectivity index (χ1v) is 7.90. The van der Waals surface area contributed by atoms with Crippen LogP contribution in [-0.2, 0) is 17.1 Å². The van der Waals surface area contributed by atoms with Crippen molar-refractivity contribution < 1.29 is 8.42 Å². The van der Waals surface area contributed by atoms with E-state index in [1.165, 1.54) is 15.2 Å². The topological polar surface area (TPSA) is 81.2 Å². The van der Waals surface area contributed by atoms with Gasteiger partial charge in [0.25, 0.3) is 0 Å². The molecule has 98 valence electrons. The number of nitrogen functional groups attached to an aromatic ring is 1. The average Bonchev–Trinajstić information content (AvgIpc) is 2.57. The molecule has 2 N–H and O–H groups in total. The first-order valence-electron chi connectivity index (χ1n) is 5.06. The monoisotopic (exact) mass is 278 g/mol. The summed E-state index contributed by atoms with van der Waals surface area (Å²) in [5.41, 5.74) is 5.60. The van der Waals surface area contributed by atoms with Crippen molar-refractivity contribution in [1.29, 1.82) is 0 Å². The predicted molar refractivity (Wildman–Crippen MR) is 70.4 cm³/mol. The molecular weight excluding hydrogens is 260 g/mol. The van der Waals surface area contributed by atoms with E-state index in [1.807, 2.05) is 13.2 Å². The molecule has 1 aromatic heterocycles. The van der Waals surface area contributed by atoms with E-state index in [0.29, 0.717) is 0 Å². The smallest absolute Gasteiger partial charge is 0.248 e. The van der Waals surface area contributed by atoms with Gasteiger partial charge in [-0.25, -0.2) is 8.42 Å². The normalized spacial score (nSPS) is 14.2. The summed E-state index contributed by atoms with van der Waals surface area (Å²) in [4.78, 5) is 0.0652. The van der Waals surface area contributed by atoms with Crippen molar-refractivity contribution >= 4 is 27.6 Å². The Morgan fingerprint density at radius 2 is 2.24 bits per heavy atom. The Morgan fingerprint density at radius 1 is 1.65 bits per heavy atom. The summed E-state index contributed by atoms with van der Waals surface area (Å²) in [5.74, 6) is 0.770. The molecule has 17 heavy (non-hydrogen) atoms. The number of nitrogens with two attached hydrogens (primary N) is 1. The van der Waals surface area contributed by atoms with Gasteiger partial charge in [-0.05, 0) is 13.2 Å². The van der Waals surface area contributed by atoms with Crippen LogP contribution < -0.4 is 5.73 Å². The lowest BCUT2D eigenvalue weighted by molar-refractivity contribution is 0.415. The fourth-order valence-corrected chi connectivity index (χ4v) is 3.67. The van der Waals surface area contributed by atoms with Gasteiger partial charge in [-0.2, -0.15) is 21.2 Å². The summed E-state index contributed by atoms with van der Waals surface area (Å²) >= 11 is 1.60. The molecule has 8 heteroatoms. The minimum absolute atomic E-state index is 0.0377. The number of thioether (sulfide) groups is 1. The number of aryl methyl sites for hydroxylation is 1. The van der Waals surface area contributed by atoms with Gasteiger partial charge in [0.1, 0.15) is 4.90 Å². The van der Waals surface area contributed by atoms with E-state index in [0.717, 1.165) is 5.75 Å². The summed E-state index contributed by atoms with van der Waals surface area (Å²) in [6, 6.07) is -0.0883. The minimum Gasteiger partial charge on any atom is -0.381 e. The van der Waals surface area contributed by atoms with Crippen molar-refractivity contribution in [2.75, 3.05) is 24.8 Å². The summed E-state index contributed by atoms with van der Waals surface area (Å²) in [7, 11) is -0.361. The molecule has 0 aliphatic rings. The second-order valence-electron chi connectivity index (χ2n) is 3.88. The number of hydrogen-bond acceptors (Lipinski definition) is 5. The SMILES string of the molecule is CSCC(C)N(C)S(=O)(=O)c1cn(C)nc1N. The predicted octanol–water partition coefficient (Wildman–Crippen LogP) is 0.374. The molecule has 6 nitrogen and oxygen atoms in total. The Labute approximate surface area is 106 Å². The molecule has 0 amide bonds. The zero-order valence-corrected chi connectivity index (χ0v) is 12.0. The standard InChI is InChI=1S/C9H18N4O2S2/c1-7(6-16-4)13(3)17(14,15)8-5-12(2)11-9(8)10/h5,7H,6H2,1-4H3,(H2,10,11). The number of rotatable bonds is 5. The van der Waals surface area contributed by atoms with E-state index in [1.54, 1.807) is 25.9 Å². The van der Waals surface area contributed by atoms with Gasteiger partial charge in [-0.1, -0.05) is 0 Å². The van der Waals surface area contributed by atoms with E-state index in [9.17, 15) is 8.42 Å². The maximum Gasteiger partial charge on any atom is 0.248 e. The van der Waals surface area contributed by atoms with E-state index in [2.05, 4.69) is 5.10 Å². The zero-order valence-electron chi connectivity index (χ0n) is 10.4. The van der Waals surface area contributed by atoms with Gasteiger partial charge in [0.15, 0.2) is 5.82 Å². The van der Waals surface area contributed by atoms with Gasteiger partial charge in [0.2, 0.25) is 10.0 Å². The first-order chi connectivity index (χ1) is 7.80. The van der Waals surface area contributed by atoms with Crippen molar-refractivity contribution in [1.82, 2.24) is 14.1 Å². The molecule has 0 aliphatic heterocycles. The lowest BCUT2D eigenvalue weighted by atomic mass is 10.4. The molecule has 0 aromatic carbocycles. The fourth-order valence-electron chi connectivity index (χ4n) is 1.42. The molecule has 1 rings (SSSR count). The Morgan fingerprint density at radius 3 is 2.65 bits per heavy atom. The van der Waals surface area contributed by atoms with E-state index >= 15 is 0 Å². The molecule has 0 saturated heterocycles. The van der Waals surface area contributed by atoms with Gasteiger partial charge < -0.3 is 5.73 Å². The summed E-state index contributed by atoms with van der Waals surface area (Å²) < 4.78 is 27.3. The third-order valence-corrected chi connectivity index (χ3v) is 5.31. The van der Waals surface area contributed by atoms with Crippen LogP contribution >= 0.6 is 11.8 Å². The second kappa shape index (κ2) is 5.28. The lowest BCUT2D eigenvalue weighted by Gasteiger charge is -2.23. The van der Waals surface area contributed by atoms with Crippen LogP contribution in [0.5, 0.6) is 0 Å². The zero-order chi connectivity index (χ0) is 13.2. The Bertz CT molecular complexity index is 483. The summed E-state index contributed by atoms with van der Waals surface area (Å²) in [6.45, 7) is 1.86. The Hall–Kier alpha value is -0.730. The Balaban J connectivity index is 3.07. The lowest BCUT2D eigenvalue weighted by Crippen LogP contribution is -2.36. The first kappa shape index (κ1) is 14.3. The van der Waals surface area contributed by atoms with Gasteiger partial charge in [0.05, 0.1) is 0 Å². The van der Waals surface area contributed by atoms with Gasteiger partial charge in [0, 0.05) is 32.1 Å². The largest absolute Gasteiger partial charge is 0.381 e. The molecular formula is C9H18N4O2S2. The molecule has 1 heterocycles. The highest BCUT2D eigenvalue weighted by Crippen LogP contribution is 2.22. The van der Waals surface area contributed by atoms with Gasteiger partial charge in [-0.15, -0.1) is 0 Å². The third kappa shape index (κ3) is 2.93. The van der Waals surface area contributed by atoms with Gasteiger partial charge >= 0.3 is 0 Å². The molecule has 1 aromatic rings. The molecule has 0 aliphatic carbocycles. The van der Waals surface area contributed by atoms with Crippen LogP contribution in [0.15, 0.2) is 11.1 Å². The molecule has 0 fully saturated rings. The molecule has 1 unspecified atom stereocenters. The van der Waals surface area contributed by atoms with Crippen LogP contribution in [-0.4, -0.2) is 47.6 Å². The molecule has 0 radical (unpaired) electrons. The highest BCUT2D eigenvalue weighted by atomic mass is 32.2. The van der Waals surface area contributed by atoms with Crippen molar-refractivity contribution in [3.8, 4) is 0 Å². The van der Waals surface area contributed by atoms with Crippen molar-refractivity contribution in [3.05, 3.63) is 6.20 Å². The van der Waals surface area contributed by atoms with Crippen LogP contribution in [0.25, 0.3) is 0 Å². The van der Waals surface area contributed by atoms with E-state index < -0.39 is 10.0 Å². The molecule has 0 spiro atoms. The summed E-state index contributed by atoms with van der Waals surface area (Å²) in [6.07, 6.45) is 3.36. The highest BCUT2D eigenvalue weighted by Gasteiger charge is 2.28. The van der Waals surface area contributed by atoms with Crippen molar-refractivity contribution in [3.63, 3.8) is 0 Å². The number of hydrogen-bond donors (Lipinski definition) is 1. The van der Waals surface area contributed by atoms with Crippen LogP contribution in [0.4, 0.5) is 5.82 Å². The van der Waals surface area contributed by atoms with E-state index in [4.69, 9.17) is 5.73 Å². The quantitative estimate of drug-likeness (QED) is 0.842. The van der Waals surface area contributed by atoms with Crippen molar-refractivity contribution in [2.24, 2.45) is 7.05 Å². The summed E-state index contributed by atoms with van der Waals surface area (Å²) in [5, 5.41) is 3.85. The molecule has 0 saturated carbocycles. The van der Waals surface area contributed by atoms with Crippen LogP contribution in [0.2, 0.25) is 0 Å². The molecule has 1 atom stereocenters. The number of aromatic nitrogens is 2. The van der Waals surface area contributed by atoms with Crippen LogP contribution in [0.3, 0.4) is 0 Å². The Kier molecular flexibility index (Phi) is 4.45. The van der Waals surface area contributed by atoms with Crippen LogP contribution in [0.1, 0.15) is 6.92 Å². The third-order valence-electron chi connectivity index (χ3n) is 2.51. The fraction of sp³-hybridized carbons (Fsp3) is 0.667. The van der Waals surface area contributed by atoms with Crippen molar-refractivity contribution in [2.45, 2.75) is 17.9 Å². The second-order valence-corrected chi connectivity index (χ2v) is 6.75. The average molecular weight is 278 g/mol. The maximum absolute atomic E-state index is 12.3. The number of sulfonamides is 1. The number of nitrogens with zero attached hydrogens (tertiary/aromatic N) is 3. The van der Waals surface area contributed by atoms with E-state index in [-0.39, 0.29) is 16.8 Å².